The van der Waals surface area contributed by atoms with E-state index in [0.29, 0.717) is 51.9 Å². The molecule has 4 aromatic rings. The van der Waals surface area contributed by atoms with Gasteiger partial charge in [0, 0.05) is 35.4 Å². The van der Waals surface area contributed by atoms with Crippen LogP contribution in [0.2, 0.25) is 5.02 Å². The van der Waals surface area contributed by atoms with Gasteiger partial charge < -0.3 is 19.5 Å². The number of amides is 1. The molecule has 0 unspecified atom stereocenters. The quantitative estimate of drug-likeness (QED) is 0.289. The Morgan fingerprint density at radius 3 is 2.42 bits per heavy atom. The predicted molar refractivity (Wildman–Crippen MR) is 142 cm³/mol. The molecule has 0 atom stereocenters. The Labute approximate surface area is 223 Å². The molecule has 0 saturated carbocycles. The van der Waals surface area contributed by atoms with E-state index in [2.05, 4.69) is 10.3 Å². The first kappa shape index (κ1) is 27.2. The Kier molecular flexibility index (Phi) is 8.08. The summed E-state index contributed by atoms with van der Waals surface area (Å²) in [7, 11) is 5.26. The van der Waals surface area contributed by atoms with Gasteiger partial charge in [0.05, 0.1) is 35.9 Å². The zero-order valence-corrected chi connectivity index (χ0v) is 21.8. The average Bonchev–Trinajstić information content (AvgIpc) is 3.32. The normalized spacial score (nSPS) is 11.6. The van der Waals surface area contributed by atoms with E-state index in [4.69, 9.17) is 16.3 Å². The molecule has 6 nitrogen and oxygen atoms in total. The third-order valence-electron chi connectivity index (χ3n) is 5.95. The molecule has 4 rings (SSSR count). The van der Waals surface area contributed by atoms with E-state index in [1.54, 1.807) is 54.6 Å². The van der Waals surface area contributed by atoms with Crippen molar-refractivity contribution in [2.75, 3.05) is 34.3 Å². The van der Waals surface area contributed by atoms with E-state index >= 15 is 0 Å². The number of rotatable bonds is 8. The molecule has 2 aromatic carbocycles. The van der Waals surface area contributed by atoms with Crippen LogP contribution in [0.4, 0.5) is 13.2 Å². The number of ether oxygens (including phenoxy) is 1. The Balaban J connectivity index is 1.87. The van der Waals surface area contributed by atoms with Crippen LogP contribution >= 0.6 is 11.6 Å². The molecule has 0 radical (unpaired) electrons. The largest absolute Gasteiger partial charge is 0.496 e. The third-order valence-corrected chi connectivity index (χ3v) is 6.20. The van der Waals surface area contributed by atoms with Gasteiger partial charge >= 0.3 is 6.18 Å². The van der Waals surface area contributed by atoms with Crippen molar-refractivity contribution < 1.29 is 22.7 Å². The van der Waals surface area contributed by atoms with Gasteiger partial charge in [-0.15, -0.1) is 0 Å². The van der Waals surface area contributed by atoms with Gasteiger partial charge in [0.15, 0.2) is 0 Å². The molecule has 2 aromatic heterocycles. The molecular formula is C28H26ClF3N4O2. The Hall–Kier alpha value is -3.82. The summed E-state index contributed by atoms with van der Waals surface area (Å²) in [6.45, 7) is 1.14. The summed E-state index contributed by atoms with van der Waals surface area (Å²) in [6, 6.07) is 16.1. The smallest absolute Gasteiger partial charge is 0.418 e. The molecule has 0 aliphatic rings. The molecule has 198 valence electrons. The average molecular weight is 543 g/mol. The molecule has 0 saturated heterocycles. The van der Waals surface area contributed by atoms with Crippen LogP contribution in [0.1, 0.15) is 15.9 Å². The minimum absolute atomic E-state index is 0.141. The number of methoxy groups -OCH3 is 1. The number of alkyl halides is 3. The minimum atomic E-state index is -4.62. The maximum Gasteiger partial charge on any atom is 0.418 e. The van der Waals surface area contributed by atoms with Gasteiger partial charge in [-0.2, -0.15) is 13.2 Å². The number of halogens is 4. The van der Waals surface area contributed by atoms with E-state index in [1.165, 1.54) is 17.9 Å². The number of nitrogens with one attached hydrogen (secondary N) is 1. The molecule has 10 heteroatoms. The second-order valence-electron chi connectivity index (χ2n) is 8.81. The number of benzene rings is 2. The van der Waals surface area contributed by atoms with E-state index in [1.807, 2.05) is 19.0 Å². The summed E-state index contributed by atoms with van der Waals surface area (Å²) in [5, 5.41) is 3.35. The highest BCUT2D eigenvalue weighted by Crippen LogP contribution is 2.41. The van der Waals surface area contributed by atoms with Gasteiger partial charge in [0.25, 0.3) is 5.91 Å². The first-order valence-electron chi connectivity index (χ1n) is 11.7. The highest BCUT2D eigenvalue weighted by atomic mass is 35.5. The van der Waals surface area contributed by atoms with Crippen LogP contribution in [0, 0.1) is 0 Å². The molecule has 0 bridgehead atoms. The summed E-state index contributed by atoms with van der Waals surface area (Å²) in [5.74, 6) is 0.0604. The van der Waals surface area contributed by atoms with Crippen LogP contribution in [-0.4, -0.2) is 54.7 Å². The molecule has 0 spiro atoms. The lowest BCUT2D eigenvalue weighted by Gasteiger charge is -2.20. The lowest BCUT2D eigenvalue weighted by atomic mass is 10.1. The first-order chi connectivity index (χ1) is 18.1. The lowest BCUT2D eigenvalue weighted by Crippen LogP contribution is -2.31. The standard InChI is InChI=1S/C28H26ClF3N4O2/c1-35(2)15-14-34-27(37)19-6-9-21(26(16-19)38-3)24-11-10-23(18-4-7-20(29)8-5-18)36(24)25-17-33-13-12-22(25)28(30,31)32/h4-13,16-17H,14-15H2,1-3H3,(H,34,37). The molecule has 2 heterocycles. The van der Waals surface area contributed by atoms with E-state index in [0.717, 1.165) is 12.3 Å². The van der Waals surface area contributed by atoms with Crippen molar-refractivity contribution in [3.63, 3.8) is 0 Å². The lowest BCUT2D eigenvalue weighted by molar-refractivity contribution is -0.137. The van der Waals surface area contributed by atoms with Crippen LogP contribution < -0.4 is 10.1 Å². The summed E-state index contributed by atoms with van der Waals surface area (Å²) in [6.07, 6.45) is -2.32. The molecule has 38 heavy (non-hydrogen) atoms. The topological polar surface area (TPSA) is 59.4 Å². The Morgan fingerprint density at radius 2 is 1.76 bits per heavy atom. The maximum atomic E-state index is 14.1. The van der Waals surface area contributed by atoms with E-state index in [-0.39, 0.29) is 11.6 Å². The van der Waals surface area contributed by atoms with Crippen molar-refractivity contribution in [1.82, 2.24) is 19.8 Å². The third kappa shape index (κ3) is 5.84. The molecule has 0 fully saturated rings. The number of hydrogen-bond acceptors (Lipinski definition) is 4. The molecule has 0 aliphatic carbocycles. The van der Waals surface area contributed by atoms with Crippen molar-refractivity contribution in [3.8, 4) is 34.0 Å². The first-order valence-corrected chi connectivity index (χ1v) is 12.1. The van der Waals surface area contributed by atoms with Crippen molar-refractivity contribution in [3.05, 3.63) is 89.2 Å². The number of carbonyl (C=O) groups excluding carboxylic acids is 1. The van der Waals surface area contributed by atoms with Crippen molar-refractivity contribution in [2.45, 2.75) is 6.18 Å². The minimum Gasteiger partial charge on any atom is -0.496 e. The zero-order chi connectivity index (χ0) is 27.4. The second-order valence-corrected chi connectivity index (χ2v) is 9.25. The Bertz CT molecular complexity index is 1430. The predicted octanol–water partition coefficient (Wildman–Crippen LogP) is 6.18. The van der Waals surface area contributed by atoms with Crippen LogP contribution in [0.3, 0.4) is 0 Å². The summed E-state index contributed by atoms with van der Waals surface area (Å²) in [5.41, 5.74) is 1.50. The zero-order valence-electron chi connectivity index (χ0n) is 21.0. The van der Waals surface area contributed by atoms with Crippen molar-refractivity contribution >= 4 is 17.5 Å². The van der Waals surface area contributed by atoms with Crippen molar-refractivity contribution in [1.29, 1.82) is 0 Å². The summed E-state index contributed by atoms with van der Waals surface area (Å²) in [4.78, 5) is 18.6. The van der Waals surface area contributed by atoms with E-state index < -0.39 is 11.7 Å². The van der Waals surface area contributed by atoms with E-state index in [9.17, 15) is 18.0 Å². The maximum absolute atomic E-state index is 14.1. The van der Waals surface area contributed by atoms with Gasteiger partial charge in [-0.3, -0.25) is 9.78 Å². The number of aromatic nitrogens is 2. The fourth-order valence-corrected chi connectivity index (χ4v) is 4.22. The van der Waals surface area contributed by atoms with Gasteiger partial charge in [0.2, 0.25) is 0 Å². The van der Waals surface area contributed by atoms with Gasteiger partial charge in [-0.05, 0) is 68.2 Å². The van der Waals surface area contributed by atoms with Crippen LogP contribution in [-0.2, 0) is 6.18 Å². The van der Waals surface area contributed by atoms with Crippen molar-refractivity contribution in [2.24, 2.45) is 0 Å². The highest BCUT2D eigenvalue weighted by molar-refractivity contribution is 6.30. The van der Waals surface area contributed by atoms with Gasteiger partial charge in [-0.25, -0.2) is 0 Å². The number of carbonyl (C=O) groups is 1. The van der Waals surface area contributed by atoms with Gasteiger partial charge in [0.1, 0.15) is 5.75 Å². The SMILES string of the molecule is COc1cc(C(=O)NCCN(C)C)ccc1-c1ccc(-c2ccc(Cl)cc2)n1-c1cnccc1C(F)(F)F. The number of likely N-dealkylation sites (N-methyl/N-ethyl adjacent to an activating group) is 1. The summed E-state index contributed by atoms with van der Waals surface area (Å²) < 4.78 is 49.3. The molecule has 1 N–H and O–H groups in total. The number of nitrogens with zero attached hydrogens (tertiary/aromatic N) is 3. The van der Waals surface area contributed by atoms with Gasteiger partial charge in [-0.1, -0.05) is 23.7 Å². The second kappa shape index (κ2) is 11.3. The summed E-state index contributed by atoms with van der Waals surface area (Å²) >= 11 is 6.05. The van der Waals surface area contributed by atoms with Crippen LogP contribution in [0.5, 0.6) is 5.75 Å². The Morgan fingerprint density at radius 1 is 1.05 bits per heavy atom. The monoisotopic (exact) mass is 542 g/mol. The fourth-order valence-electron chi connectivity index (χ4n) is 4.10. The fraction of sp³-hybridized carbons (Fsp3) is 0.214. The molecule has 1 amide bonds. The molecule has 0 aliphatic heterocycles. The van der Waals surface area contributed by atoms with Crippen LogP contribution in [0.15, 0.2) is 73.1 Å². The number of pyridine rings is 1. The molecular weight excluding hydrogens is 517 g/mol. The van der Waals surface area contributed by atoms with Crippen LogP contribution in [0.25, 0.3) is 28.2 Å². The highest BCUT2D eigenvalue weighted by Gasteiger charge is 2.35. The number of hydrogen-bond donors (Lipinski definition) is 1.